The quantitative estimate of drug-likeness (QED) is 0.167. The van der Waals surface area contributed by atoms with Crippen molar-refractivity contribution in [1.29, 1.82) is 0 Å². The number of aromatic nitrogens is 8. The first-order chi connectivity index (χ1) is 20.9. The number of anilines is 2. The number of alkyl halides is 1. The van der Waals surface area contributed by atoms with Crippen LogP contribution in [0.25, 0.3) is 22.3 Å². The molecule has 0 amide bonds. The number of nitrogen functional groups attached to an aromatic ring is 2. The Bertz CT molecular complexity index is 1700. The Morgan fingerprint density at radius 2 is 1.39 bits per heavy atom. The van der Waals surface area contributed by atoms with Gasteiger partial charge in [0.15, 0.2) is 41.6 Å². The molecule has 3 aliphatic rings. The van der Waals surface area contributed by atoms with E-state index in [1.165, 1.54) is 28.1 Å². The molecule has 0 aromatic carbocycles. The van der Waals surface area contributed by atoms with Crippen molar-refractivity contribution in [3.63, 3.8) is 0 Å². The topological polar surface area (TPSA) is 272 Å². The summed E-state index contributed by atoms with van der Waals surface area (Å²) in [6.07, 6.45) is -7.53. The fraction of sp³-hybridized carbons (Fsp3) is 0.500. The molecule has 10 atom stereocenters. The molecule has 0 spiro atoms. The number of phosphoric acid groups is 1. The summed E-state index contributed by atoms with van der Waals surface area (Å²) in [5.41, 5.74) is 12.4. The molecule has 4 aromatic rings. The van der Waals surface area contributed by atoms with Crippen LogP contribution in [0.3, 0.4) is 0 Å². The summed E-state index contributed by atoms with van der Waals surface area (Å²) in [6.45, 7) is -5.59. The molecule has 4 unspecified atom stereocenters. The van der Waals surface area contributed by atoms with Crippen LogP contribution in [0.1, 0.15) is 12.5 Å². The average molecular weight is 676 g/mol. The lowest BCUT2D eigenvalue weighted by molar-refractivity contribution is -0.0629. The highest BCUT2D eigenvalue weighted by Gasteiger charge is 2.54. The van der Waals surface area contributed by atoms with Gasteiger partial charge in [-0.15, -0.1) is 0 Å². The number of hydrogen-bond donors (Lipinski definition) is 5. The minimum atomic E-state index is -5.03. The molecule has 3 aliphatic heterocycles. The number of hydrogen-bond acceptors (Lipinski definition) is 17. The molecule has 44 heavy (non-hydrogen) atoms. The van der Waals surface area contributed by atoms with E-state index in [0.29, 0.717) is 0 Å². The standard InChI is InChI=1S/C20H23FN10O10P2S/c21-9-13-7(38-19(9)30-5-28-10-15(22)24-3-26-17(10)30)2-37-43(35,44)41-14-8(1-36-42(33,34)40-13)39-20(12(14)32)31-6-29-11-16(23)25-4-27-18(11)31/h3-9,12-14,19-20,32H,1-2H2,(H,33,34)(H,35,44)(H2,22,24,26)(H2,23,25,27)/t7?,8?,9-,12-,13-,14-,19-,20-,43?/m1/s1. The van der Waals surface area contributed by atoms with Crippen LogP contribution in [-0.2, 0) is 43.9 Å². The van der Waals surface area contributed by atoms with Crippen LogP contribution in [0.5, 0.6) is 0 Å². The maximum absolute atomic E-state index is 15.9. The molecule has 3 fully saturated rings. The third-order valence-electron chi connectivity index (χ3n) is 7.21. The Morgan fingerprint density at radius 1 is 0.841 bits per heavy atom. The van der Waals surface area contributed by atoms with Crippen molar-refractivity contribution >= 4 is 60.3 Å². The average Bonchev–Trinajstić information content (AvgIpc) is 3.73. The first-order valence-electron chi connectivity index (χ1n) is 12.7. The van der Waals surface area contributed by atoms with Gasteiger partial charge < -0.3 is 40.4 Å². The molecular formula is C20H23FN10O10P2S. The number of aliphatic hydroxyl groups is 1. The molecule has 0 bridgehead atoms. The first kappa shape index (κ1) is 29.8. The fourth-order valence-corrected chi connectivity index (χ4v) is 7.61. The largest absolute Gasteiger partial charge is 0.472 e. The second-order valence-corrected chi connectivity index (χ2v) is 14.1. The van der Waals surface area contributed by atoms with Gasteiger partial charge in [-0.1, -0.05) is 0 Å². The number of phosphoric ester groups is 1. The van der Waals surface area contributed by atoms with Gasteiger partial charge in [0, 0.05) is 0 Å². The minimum absolute atomic E-state index is 0.0374. The highest BCUT2D eigenvalue weighted by molar-refractivity contribution is 8.07. The molecule has 20 nitrogen and oxygen atoms in total. The summed E-state index contributed by atoms with van der Waals surface area (Å²) in [6, 6.07) is 0. The van der Waals surface area contributed by atoms with Crippen molar-refractivity contribution in [3.8, 4) is 0 Å². The van der Waals surface area contributed by atoms with Crippen molar-refractivity contribution < 1.29 is 51.4 Å². The second kappa shape index (κ2) is 10.9. The Morgan fingerprint density at radius 3 is 2.02 bits per heavy atom. The number of halogens is 1. The van der Waals surface area contributed by atoms with Crippen LogP contribution in [0.15, 0.2) is 25.3 Å². The molecule has 7 heterocycles. The number of ether oxygens (including phenoxy) is 2. The maximum atomic E-state index is 15.9. The second-order valence-electron chi connectivity index (χ2n) is 9.90. The Balaban J connectivity index is 1.17. The maximum Gasteiger partial charge on any atom is 0.472 e. The van der Waals surface area contributed by atoms with E-state index in [1.807, 2.05) is 0 Å². The number of rotatable bonds is 2. The van der Waals surface area contributed by atoms with E-state index in [4.69, 9.17) is 50.8 Å². The third-order valence-corrected chi connectivity index (χ3v) is 9.76. The van der Waals surface area contributed by atoms with E-state index in [1.54, 1.807) is 0 Å². The predicted octanol–water partition coefficient (Wildman–Crippen LogP) is -0.541. The van der Waals surface area contributed by atoms with Gasteiger partial charge in [0.1, 0.15) is 54.2 Å². The summed E-state index contributed by atoms with van der Waals surface area (Å²) in [7, 11) is -5.03. The molecule has 236 valence electrons. The summed E-state index contributed by atoms with van der Waals surface area (Å²) in [5, 5.41) is 11.2. The van der Waals surface area contributed by atoms with Crippen LogP contribution in [0.4, 0.5) is 16.0 Å². The fourth-order valence-electron chi connectivity index (χ4n) is 5.21. The van der Waals surface area contributed by atoms with Crippen LogP contribution >= 0.6 is 14.5 Å². The van der Waals surface area contributed by atoms with Gasteiger partial charge in [0.25, 0.3) is 0 Å². The molecule has 0 radical (unpaired) electrons. The zero-order valence-electron chi connectivity index (χ0n) is 22.0. The highest BCUT2D eigenvalue weighted by Crippen LogP contribution is 2.54. The summed E-state index contributed by atoms with van der Waals surface area (Å²) in [5.74, 6) is 0.111. The number of fused-ring (bicyclic) bond motifs is 4. The Kier molecular flexibility index (Phi) is 7.39. The van der Waals surface area contributed by atoms with E-state index in [0.717, 1.165) is 6.33 Å². The van der Waals surface area contributed by atoms with E-state index in [2.05, 4.69) is 29.9 Å². The van der Waals surface area contributed by atoms with E-state index in [9.17, 15) is 19.5 Å². The van der Waals surface area contributed by atoms with Crippen LogP contribution in [0.2, 0.25) is 0 Å². The molecule has 0 saturated carbocycles. The monoisotopic (exact) mass is 676 g/mol. The van der Waals surface area contributed by atoms with Crippen molar-refractivity contribution in [3.05, 3.63) is 25.3 Å². The molecular weight excluding hydrogens is 653 g/mol. The molecule has 24 heteroatoms. The summed E-state index contributed by atoms with van der Waals surface area (Å²) < 4.78 is 64.6. The first-order valence-corrected chi connectivity index (χ1v) is 16.8. The SMILES string of the molecule is Nc1ncnc2c1ncn2[C@@H]1OC2COP(=O)(O)O[C@@H]3C(COP(O)(=S)O[C@H]2[C@H]1O)O[C@@H](n1cnc2c(N)ncnc21)[C@@H]3F. The molecule has 4 aromatic heterocycles. The zero-order chi connectivity index (χ0) is 31.0. The lowest BCUT2D eigenvalue weighted by Crippen LogP contribution is -2.38. The zero-order valence-corrected chi connectivity index (χ0v) is 24.6. The highest BCUT2D eigenvalue weighted by atomic mass is 32.5. The van der Waals surface area contributed by atoms with Gasteiger partial charge >= 0.3 is 14.5 Å². The van der Waals surface area contributed by atoms with Crippen LogP contribution < -0.4 is 11.5 Å². The number of imidazole rings is 2. The van der Waals surface area contributed by atoms with Gasteiger partial charge in [0.05, 0.1) is 25.9 Å². The van der Waals surface area contributed by atoms with Gasteiger partial charge in [-0.3, -0.25) is 22.7 Å². The van der Waals surface area contributed by atoms with Gasteiger partial charge in [-0.2, -0.15) is 0 Å². The molecule has 0 aliphatic carbocycles. The number of aliphatic hydroxyl groups excluding tert-OH is 1. The van der Waals surface area contributed by atoms with Crippen molar-refractivity contribution in [2.24, 2.45) is 0 Å². The molecule has 3 saturated heterocycles. The van der Waals surface area contributed by atoms with Crippen LogP contribution in [-0.4, -0.2) is 104 Å². The van der Waals surface area contributed by atoms with E-state index < -0.39 is 76.9 Å². The van der Waals surface area contributed by atoms with Crippen molar-refractivity contribution in [2.75, 3.05) is 24.7 Å². The lowest BCUT2D eigenvalue weighted by Gasteiger charge is -2.29. The lowest BCUT2D eigenvalue weighted by atomic mass is 10.1. The minimum Gasteiger partial charge on any atom is -0.386 e. The van der Waals surface area contributed by atoms with Crippen molar-refractivity contribution in [2.45, 2.75) is 49.1 Å². The van der Waals surface area contributed by atoms with Gasteiger partial charge in [0.2, 0.25) is 0 Å². The normalized spacial score (nSPS) is 38.3. The van der Waals surface area contributed by atoms with Gasteiger partial charge in [-0.05, 0) is 11.8 Å². The van der Waals surface area contributed by atoms with E-state index >= 15 is 4.39 Å². The summed E-state index contributed by atoms with van der Waals surface area (Å²) in [4.78, 5) is 45.6. The molecule has 7 rings (SSSR count). The third kappa shape index (κ3) is 5.15. The van der Waals surface area contributed by atoms with E-state index in [-0.39, 0.29) is 34.0 Å². The number of nitrogens with two attached hydrogens (primary N) is 2. The van der Waals surface area contributed by atoms with Crippen LogP contribution in [0, 0.1) is 0 Å². The number of nitrogens with zero attached hydrogens (tertiary/aromatic N) is 8. The molecule has 7 N–H and O–H groups in total. The predicted molar refractivity (Wildman–Crippen MR) is 146 cm³/mol. The van der Waals surface area contributed by atoms with Gasteiger partial charge in [-0.25, -0.2) is 38.9 Å². The smallest absolute Gasteiger partial charge is 0.386 e. The Hall–Kier alpha value is -2.85. The Labute approximate surface area is 249 Å². The van der Waals surface area contributed by atoms with Crippen molar-refractivity contribution in [1.82, 2.24) is 39.0 Å². The summed E-state index contributed by atoms with van der Waals surface area (Å²) >= 11 is 5.17.